The van der Waals surface area contributed by atoms with Gasteiger partial charge < -0.3 is 10.6 Å². The van der Waals surface area contributed by atoms with E-state index in [0.717, 1.165) is 25.8 Å². The Kier molecular flexibility index (Phi) is 4.57. The van der Waals surface area contributed by atoms with Gasteiger partial charge in [-0.1, -0.05) is 13.3 Å². The molecule has 0 unspecified atom stereocenters. The molecule has 0 aromatic carbocycles. The molecule has 0 saturated carbocycles. The maximum absolute atomic E-state index is 11.9. The maximum atomic E-state index is 11.9. The van der Waals surface area contributed by atoms with Crippen molar-refractivity contribution in [3.8, 4) is 0 Å². The van der Waals surface area contributed by atoms with Crippen molar-refractivity contribution >= 4 is 17.2 Å². The van der Waals surface area contributed by atoms with Gasteiger partial charge in [-0.15, -0.1) is 11.3 Å². The fraction of sp³-hybridized carbons (Fsp3) is 0.615. The zero-order valence-electron chi connectivity index (χ0n) is 10.3. The van der Waals surface area contributed by atoms with Crippen LogP contribution in [0.3, 0.4) is 0 Å². The lowest BCUT2D eigenvalue weighted by molar-refractivity contribution is -0.123. The summed E-state index contributed by atoms with van der Waals surface area (Å²) < 4.78 is 0. The van der Waals surface area contributed by atoms with E-state index in [2.05, 4.69) is 29.0 Å². The van der Waals surface area contributed by atoms with E-state index in [9.17, 15) is 4.79 Å². The zero-order chi connectivity index (χ0) is 12.1. The summed E-state index contributed by atoms with van der Waals surface area (Å²) in [6, 6.07) is 2.17. The second-order valence-corrected chi connectivity index (χ2v) is 5.44. The first-order valence-corrected chi connectivity index (χ1v) is 7.25. The minimum atomic E-state index is 0.0220. The molecule has 2 heterocycles. The summed E-state index contributed by atoms with van der Waals surface area (Å²) in [6.07, 6.45) is 4.35. The SMILES string of the molecule is CCc1ccsc1CNC(=O)[C@H]1CCCCN1. The van der Waals surface area contributed by atoms with E-state index >= 15 is 0 Å². The lowest BCUT2D eigenvalue weighted by Gasteiger charge is -2.22. The summed E-state index contributed by atoms with van der Waals surface area (Å²) in [5, 5.41) is 8.40. The van der Waals surface area contributed by atoms with Crippen LogP contribution in [-0.4, -0.2) is 18.5 Å². The predicted octanol–water partition coefficient (Wildman–Crippen LogP) is 2.07. The van der Waals surface area contributed by atoms with Gasteiger partial charge in [-0.2, -0.15) is 0 Å². The van der Waals surface area contributed by atoms with E-state index in [1.807, 2.05) is 0 Å². The quantitative estimate of drug-likeness (QED) is 0.861. The molecular formula is C13H20N2OS. The largest absolute Gasteiger partial charge is 0.350 e. The Balaban J connectivity index is 1.83. The smallest absolute Gasteiger partial charge is 0.237 e. The van der Waals surface area contributed by atoms with Crippen LogP contribution in [0.1, 0.15) is 36.6 Å². The molecule has 2 N–H and O–H groups in total. The van der Waals surface area contributed by atoms with Crippen molar-refractivity contribution in [1.82, 2.24) is 10.6 Å². The molecule has 1 amide bonds. The van der Waals surface area contributed by atoms with Crippen LogP contribution in [0.25, 0.3) is 0 Å². The number of piperidine rings is 1. The van der Waals surface area contributed by atoms with Crippen molar-refractivity contribution in [2.24, 2.45) is 0 Å². The van der Waals surface area contributed by atoms with Gasteiger partial charge in [0.1, 0.15) is 0 Å². The average molecular weight is 252 g/mol. The second kappa shape index (κ2) is 6.17. The van der Waals surface area contributed by atoms with Gasteiger partial charge in [-0.3, -0.25) is 4.79 Å². The van der Waals surface area contributed by atoms with Crippen LogP contribution in [0.2, 0.25) is 0 Å². The van der Waals surface area contributed by atoms with E-state index < -0.39 is 0 Å². The van der Waals surface area contributed by atoms with Gasteiger partial charge in [0, 0.05) is 4.88 Å². The highest BCUT2D eigenvalue weighted by Gasteiger charge is 2.20. The molecule has 1 saturated heterocycles. The molecule has 1 aliphatic rings. The fourth-order valence-corrected chi connectivity index (χ4v) is 3.12. The van der Waals surface area contributed by atoms with Crippen LogP contribution in [0.5, 0.6) is 0 Å². The van der Waals surface area contributed by atoms with E-state index in [4.69, 9.17) is 0 Å². The van der Waals surface area contributed by atoms with Crippen molar-refractivity contribution < 1.29 is 4.79 Å². The molecule has 0 bridgehead atoms. The molecule has 0 radical (unpaired) electrons. The molecule has 4 heteroatoms. The summed E-state index contributed by atoms with van der Waals surface area (Å²) in [7, 11) is 0. The van der Waals surface area contributed by atoms with Gasteiger partial charge in [-0.25, -0.2) is 0 Å². The van der Waals surface area contributed by atoms with Crippen molar-refractivity contribution in [3.05, 3.63) is 21.9 Å². The Morgan fingerprint density at radius 1 is 1.59 bits per heavy atom. The Hall–Kier alpha value is -0.870. The van der Waals surface area contributed by atoms with Crippen LogP contribution in [-0.2, 0) is 17.8 Å². The van der Waals surface area contributed by atoms with Gasteiger partial charge in [0.15, 0.2) is 0 Å². The van der Waals surface area contributed by atoms with Crippen LogP contribution in [0.15, 0.2) is 11.4 Å². The van der Waals surface area contributed by atoms with E-state index in [1.165, 1.54) is 16.9 Å². The van der Waals surface area contributed by atoms with Gasteiger partial charge >= 0.3 is 0 Å². The van der Waals surface area contributed by atoms with Crippen LogP contribution in [0, 0.1) is 0 Å². The van der Waals surface area contributed by atoms with E-state index in [1.54, 1.807) is 11.3 Å². The Morgan fingerprint density at radius 3 is 3.18 bits per heavy atom. The fourth-order valence-electron chi connectivity index (χ4n) is 2.20. The van der Waals surface area contributed by atoms with Crippen molar-refractivity contribution in [1.29, 1.82) is 0 Å². The molecule has 1 aliphatic heterocycles. The molecule has 1 atom stereocenters. The standard InChI is InChI=1S/C13H20N2OS/c1-2-10-6-8-17-12(10)9-15-13(16)11-5-3-4-7-14-11/h6,8,11,14H,2-5,7,9H2,1H3,(H,15,16)/t11-/m1/s1. The third-order valence-electron chi connectivity index (χ3n) is 3.27. The van der Waals surface area contributed by atoms with E-state index in [0.29, 0.717) is 6.54 Å². The topological polar surface area (TPSA) is 41.1 Å². The first-order chi connectivity index (χ1) is 8.31. The van der Waals surface area contributed by atoms with E-state index in [-0.39, 0.29) is 11.9 Å². The minimum absolute atomic E-state index is 0.0220. The van der Waals surface area contributed by atoms with Crippen LogP contribution >= 0.6 is 11.3 Å². The van der Waals surface area contributed by atoms with Gasteiger partial charge in [0.2, 0.25) is 5.91 Å². The van der Waals surface area contributed by atoms with Gasteiger partial charge in [-0.05, 0) is 42.8 Å². The normalized spacial score (nSPS) is 20.2. The highest BCUT2D eigenvalue weighted by Crippen LogP contribution is 2.17. The maximum Gasteiger partial charge on any atom is 0.237 e. The molecule has 17 heavy (non-hydrogen) atoms. The highest BCUT2D eigenvalue weighted by atomic mass is 32.1. The molecule has 3 nitrogen and oxygen atoms in total. The zero-order valence-corrected chi connectivity index (χ0v) is 11.1. The monoisotopic (exact) mass is 252 g/mol. The second-order valence-electron chi connectivity index (χ2n) is 4.44. The number of carbonyl (C=O) groups excluding carboxylic acids is 1. The summed E-state index contributed by atoms with van der Waals surface area (Å²) in [6.45, 7) is 3.80. The lowest BCUT2D eigenvalue weighted by atomic mass is 10.0. The highest BCUT2D eigenvalue weighted by molar-refractivity contribution is 7.10. The van der Waals surface area contributed by atoms with Crippen LogP contribution in [0.4, 0.5) is 0 Å². The van der Waals surface area contributed by atoms with Crippen LogP contribution < -0.4 is 10.6 Å². The number of nitrogens with one attached hydrogen (secondary N) is 2. The van der Waals surface area contributed by atoms with Crippen molar-refractivity contribution in [2.75, 3.05) is 6.54 Å². The lowest BCUT2D eigenvalue weighted by Crippen LogP contribution is -2.46. The number of thiophene rings is 1. The van der Waals surface area contributed by atoms with Crippen molar-refractivity contribution in [2.45, 2.75) is 45.2 Å². The average Bonchev–Trinajstić information content (AvgIpc) is 2.84. The number of hydrogen-bond donors (Lipinski definition) is 2. The summed E-state index contributed by atoms with van der Waals surface area (Å²) >= 11 is 1.73. The number of carbonyl (C=O) groups is 1. The number of rotatable bonds is 4. The Morgan fingerprint density at radius 2 is 2.47 bits per heavy atom. The Labute approximate surface area is 107 Å². The molecule has 94 valence electrons. The molecule has 1 aromatic rings. The third kappa shape index (κ3) is 3.30. The summed E-state index contributed by atoms with van der Waals surface area (Å²) in [5.41, 5.74) is 1.35. The first-order valence-electron chi connectivity index (χ1n) is 6.37. The van der Waals surface area contributed by atoms with Gasteiger partial charge in [0.25, 0.3) is 0 Å². The number of aryl methyl sites for hydroxylation is 1. The molecular weight excluding hydrogens is 232 g/mol. The molecule has 0 aliphatic carbocycles. The molecule has 2 rings (SSSR count). The predicted molar refractivity (Wildman–Crippen MR) is 71.2 cm³/mol. The minimum Gasteiger partial charge on any atom is -0.350 e. The van der Waals surface area contributed by atoms with Crippen molar-refractivity contribution in [3.63, 3.8) is 0 Å². The van der Waals surface area contributed by atoms with Gasteiger partial charge in [0.05, 0.1) is 12.6 Å². The third-order valence-corrected chi connectivity index (χ3v) is 4.23. The number of hydrogen-bond acceptors (Lipinski definition) is 3. The Bertz CT molecular complexity index is 369. The molecule has 0 spiro atoms. The summed E-state index contributed by atoms with van der Waals surface area (Å²) in [5.74, 6) is 0.153. The molecule has 1 fully saturated rings. The first kappa shape index (κ1) is 12.6. The molecule has 1 aromatic heterocycles. The summed E-state index contributed by atoms with van der Waals surface area (Å²) in [4.78, 5) is 13.2. The number of amides is 1.